The molecule has 2 aliphatic rings. The molecule has 6 unspecified atom stereocenters. The fraction of sp³-hybridized carbons (Fsp3) is 0.400. The van der Waals surface area contributed by atoms with Gasteiger partial charge in [-0.3, -0.25) is 42.9 Å². The zero-order valence-corrected chi connectivity index (χ0v) is 35.5. The Labute approximate surface area is 358 Å². The summed E-state index contributed by atoms with van der Waals surface area (Å²) in [6, 6.07) is 9.72. The Morgan fingerprint density at radius 2 is 0.951 bits per heavy atom. The summed E-state index contributed by atoms with van der Waals surface area (Å²) < 4.78 is 37.7. The normalized spacial score (nSPS) is 22.6. The lowest BCUT2D eigenvalue weighted by Gasteiger charge is -2.43. The number of allylic oxidation sites excluding steroid dienone is 2. The Balaban J connectivity index is 2.18. The molecule has 0 radical (unpaired) electrons. The maximum atomic E-state index is 16.4. The number of esters is 4. The second kappa shape index (κ2) is 20.3. The number of carboxylic acids is 2. The fourth-order valence-corrected chi connectivity index (χ4v) is 11.6. The zero-order valence-electron chi connectivity index (χ0n) is 33.1. The molecule has 2 aromatic carbocycles. The Kier molecular flexibility index (Phi) is 16.0. The van der Waals surface area contributed by atoms with E-state index in [1.165, 1.54) is 62.4 Å². The SMILES string of the molecule is CCOC(=O)C1C(O)=C(P(=O)(C2=C(O)C(C(=O)OCC)C(c3ccc(OC(C)=O)cc3)C(C(=O)O)C2=O)N(CCCl)CCCl)C(=O)C(C(=O)O)C1c1ccc(OC(C)=O)cc1. The smallest absolute Gasteiger partial charge is 0.317 e. The number of carbonyl (C=O) groups is 8. The lowest BCUT2D eigenvalue weighted by molar-refractivity contribution is -0.155. The predicted octanol–water partition coefficient (Wildman–Crippen LogP) is 4.93. The van der Waals surface area contributed by atoms with E-state index >= 15 is 4.57 Å². The molecule has 0 aromatic heterocycles. The van der Waals surface area contributed by atoms with Gasteiger partial charge in [0.2, 0.25) is 7.29 Å². The van der Waals surface area contributed by atoms with Gasteiger partial charge in [0.05, 0.1) is 13.2 Å². The molecular weight excluding hydrogens is 868 g/mol. The molecule has 0 aliphatic heterocycles. The van der Waals surface area contributed by atoms with E-state index in [1.807, 2.05) is 0 Å². The molecule has 0 bridgehead atoms. The first-order valence-electron chi connectivity index (χ1n) is 18.6. The number of aliphatic carboxylic acids is 2. The van der Waals surface area contributed by atoms with Crippen LogP contribution in [0.5, 0.6) is 11.5 Å². The number of carbonyl (C=O) groups excluding carboxylic acids is 6. The van der Waals surface area contributed by atoms with Crippen molar-refractivity contribution in [2.45, 2.75) is 39.5 Å². The highest BCUT2D eigenvalue weighted by Crippen LogP contribution is 2.70. The van der Waals surface area contributed by atoms with Crippen LogP contribution in [0.2, 0.25) is 0 Å². The molecule has 0 spiro atoms. The molecular formula is C40H42Cl2NO17P. The average Bonchev–Trinajstić information content (AvgIpc) is 3.17. The standard InChI is InChI=1S/C40H42Cl2NO17P/c1-5-57-39(54)29-25(21-7-11-23(12-8-21)59-19(3)44)27(37(50)51)31(46)35(33(29)48)61(56,43(17-15-41)18-16-42)36-32(47)28(38(52)53)26(30(34(36)49)40(55)58-6-2)22-9-13-24(14-10-22)60-20(4)45/h7-14,25-30,48-49H,5-6,15-18H2,1-4H3,(H,50,51)(H,52,53). The van der Waals surface area contributed by atoms with E-state index in [0.717, 1.165) is 18.5 Å². The van der Waals surface area contributed by atoms with Crippen molar-refractivity contribution < 1.29 is 82.3 Å². The van der Waals surface area contributed by atoms with E-state index in [9.17, 15) is 58.8 Å². The number of ketones is 2. The average molecular weight is 911 g/mol. The zero-order chi connectivity index (χ0) is 45.5. The first-order valence-corrected chi connectivity index (χ1v) is 21.3. The molecule has 61 heavy (non-hydrogen) atoms. The van der Waals surface area contributed by atoms with Crippen molar-refractivity contribution in [3.63, 3.8) is 0 Å². The number of carboxylic acid groups (broad SMARTS) is 2. The number of hydrogen-bond acceptors (Lipinski definition) is 15. The Hall–Kier alpha value is -5.55. The van der Waals surface area contributed by atoms with Crippen molar-refractivity contribution in [1.82, 2.24) is 4.67 Å². The van der Waals surface area contributed by atoms with Crippen LogP contribution in [0, 0.1) is 23.7 Å². The highest BCUT2D eigenvalue weighted by Gasteiger charge is 2.62. The molecule has 6 atom stereocenters. The highest BCUT2D eigenvalue weighted by molar-refractivity contribution is 7.72. The summed E-state index contributed by atoms with van der Waals surface area (Å²) in [7, 11) is -5.70. The van der Waals surface area contributed by atoms with E-state index < -0.39 is 137 Å². The second-order valence-electron chi connectivity index (χ2n) is 13.6. The lowest BCUT2D eigenvalue weighted by atomic mass is 9.70. The molecule has 0 saturated heterocycles. The van der Waals surface area contributed by atoms with E-state index in [4.69, 9.17) is 42.1 Å². The molecule has 2 aromatic rings. The van der Waals surface area contributed by atoms with Gasteiger partial charge in [-0.2, -0.15) is 0 Å². The van der Waals surface area contributed by atoms with E-state index in [1.54, 1.807) is 0 Å². The minimum Gasteiger partial charge on any atom is -0.510 e. The van der Waals surface area contributed by atoms with Crippen molar-refractivity contribution >= 4 is 77.9 Å². The van der Waals surface area contributed by atoms with Gasteiger partial charge in [0.25, 0.3) is 0 Å². The second-order valence-corrected chi connectivity index (χ2v) is 16.9. The van der Waals surface area contributed by atoms with Crippen LogP contribution in [0.1, 0.15) is 50.7 Å². The Morgan fingerprint density at radius 1 is 0.623 bits per heavy atom. The lowest BCUT2D eigenvalue weighted by Crippen LogP contribution is -2.47. The van der Waals surface area contributed by atoms with Gasteiger partial charge in [0, 0.05) is 50.5 Å². The summed E-state index contributed by atoms with van der Waals surface area (Å²) in [5.74, 6) is -27.6. The number of hydrogen-bond donors (Lipinski definition) is 4. The molecule has 4 N–H and O–H groups in total. The van der Waals surface area contributed by atoms with Crippen molar-refractivity contribution in [3.8, 4) is 11.5 Å². The van der Waals surface area contributed by atoms with Gasteiger partial charge in [-0.05, 0) is 49.2 Å². The van der Waals surface area contributed by atoms with E-state index in [2.05, 4.69) is 0 Å². The molecule has 21 heteroatoms. The minimum atomic E-state index is -5.70. The van der Waals surface area contributed by atoms with Crippen LogP contribution in [0.4, 0.5) is 0 Å². The fourth-order valence-electron chi connectivity index (χ4n) is 7.62. The summed E-state index contributed by atoms with van der Waals surface area (Å²) in [5, 5.41) is 43.2. The van der Waals surface area contributed by atoms with Gasteiger partial charge < -0.3 is 39.4 Å². The number of aliphatic hydroxyl groups is 2. The molecule has 0 fully saturated rings. The summed E-state index contributed by atoms with van der Waals surface area (Å²) in [5.41, 5.74) is -0.166. The summed E-state index contributed by atoms with van der Waals surface area (Å²) in [6.45, 7) is 3.14. The largest absolute Gasteiger partial charge is 0.510 e. The summed E-state index contributed by atoms with van der Waals surface area (Å²) in [4.78, 5) is 107. The molecule has 18 nitrogen and oxygen atoms in total. The highest BCUT2D eigenvalue weighted by atomic mass is 35.5. The molecule has 0 amide bonds. The molecule has 0 heterocycles. The number of ether oxygens (including phenoxy) is 4. The Bertz CT molecular complexity index is 2050. The van der Waals surface area contributed by atoms with E-state index in [-0.39, 0.29) is 35.8 Å². The van der Waals surface area contributed by atoms with Crippen molar-refractivity contribution in [1.29, 1.82) is 0 Å². The first kappa shape index (κ1) is 48.1. The third-order valence-electron chi connectivity index (χ3n) is 9.90. The van der Waals surface area contributed by atoms with Crippen LogP contribution < -0.4 is 9.47 Å². The summed E-state index contributed by atoms with van der Waals surface area (Å²) in [6.07, 6.45) is 0. The predicted molar refractivity (Wildman–Crippen MR) is 213 cm³/mol. The topological polar surface area (TPSA) is 275 Å². The molecule has 4 rings (SSSR count). The van der Waals surface area contributed by atoms with Crippen LogP contribution in [0.3, 0.4) is 0 Å². The number of aliphatic hydroxyl groups excluding tert-OH is 2. The Morgan fingerprint density at radius 3 is 1.21 bits per heavy atom. The summed E-state index contributed by atoms with van der Waals surface area (Å²) >= 11 is 12.2. The third kappa shape index (κ3) is 9.67. The first-order chi connectivity index (χ1) is 28.8. The number of benzene rings is 2. The monoisotopic (exact) mass is 909 g/mol. The number of halogens is 2. The van der Waals surface area contributed by atoms with Crippen molar-refractivity contribution in [3.05, 3.63) is 81.8 Å². The van der Waals surface area contributed by atoms with Gasteiger partial charge in [-0.15, -0.1) is 23.2 Å². The van der Waals surface area contributed by atoms with Crippen LogP contribution in [0.25, 0.3) is 0 Å². The van der Waals surface area contributed by atoms with Gasteiger partial charge in [0.1, 0.15) is 57.3 Å². The number of Topliss-reactive ketones (excluding diaryl/α,β-unsaturated/α-hetero) is 2. The molecule has 2 aliphatic carbocycles. The van der Waals surface area contributed by atoms with Crippen LogP contribution >= 0.6 is 30.5 Å². The van der Waals surface area contributed by atoms with Crippen LogP contribution in [0.15, 0.2) is 70.7 Å². The maximum absolute atomic E-state index is 16.4. The number of nitrogens with zero attached hydrogens (tertiary/aromatic N) is 1. The number of rotatable bonds is 17. The number of alkyl halides is 2. The third-order valence-corrected chi connectivity index (χ3v) is 13.5. The van der Waals surface area contributed by atoms with Gasteiger partial charge in [-0.25, -0.2) is 4.67 Å². The van der Waals surface area contributed by atoms with Crippen LogP contribution in [-0.4, -0.2) is 111 Å². The van der Waals surface area contributed by atoms with Gasteiger partial charge >= 0.3 is 35.8 Å². The minimum absolute atomic E-state index is 0.0123. The van der Waals surface area contributed by atoms with E-state index in [0.29, 0.717) is 0 Å². The van der Waals surface area contributed by atoms with Crippen molar-refractivity contribution in [2.75, 3.05) is 38.1 Å². The van der Waals surface area contributed by atoms with Gasteiger partial charge in [-0.1, -0.05) is 24.3 Å². The quantitative estimate of drug-likeness (QED) is 0.0538. The van der Waals surface area contributed by atoms with Crippen molar-refractivity contribution in [2.24, 2.45) is 23.7 Å². The maximum Gasteiger partial charge on any atom is 0.317 e. The van der Waals surface area contributed by atoms with Gasteiger partial charge in [0.15, 0.2) is 11.6 Å². The molecule has 328 valence electrons. The van der Waals surface area contributed by atoms with Crippen LogP contribution in [-0.2, 0) is 52.4 Å². The molecule has 0 saturated carbocycles.